The van der Waals surface area contributed by atoms with E-state index in [1.807, 2.05) is 0 Å². The number of nitro benzene ring substituents is 1. The molecule has 122 valence electrons. The third-order valence-electron chi connectivity index (χ3n) is 3.43. The Bertz CT molecular complexity index is 521. The minimum Gasteiger partial charge on any atom is -0.375 e. The zero-order chi connectivity index (χ0) is 15.2. The van der Waals surface area contributed by atoms with Crippen LogP contribution in [0.2, 0.25) is 0 Å². The highest BCUT2D eigenvalue weighted by Gasteiger charge is 2.21. The summed E-state index contributed by atoms with van der Waals surface area (Å²) in [4.78, 5) is 24.2. The van der Waals surface area contributed by atoms with Gasteiger partial charge in [0, 0.05) is 31.8 Å². The highest BCUT2D eigenvalue weighted by molar-refractivity contribution is 5.85. The number of halogens is 1. The van der Waals surface area contributed by atoms with Crippen LogP contribution in [0.5, 0.6) is 0 Å². The van der Waals surface area contributed by atoms with Crippen LogP contribution in [0.1, 0.15) is 12.0 Å². The molecule has 22 heavy (non-hydrogen) atoms. The fourth-order valence-corrected chi connectivity index (χ4v) is 2.27. The van der Waals surface area contributed by atoms with Crippen LogP contribution < -0.4 is 5.32 Å². The molecule has 2 rings (SSSR count). The number of nitrogens with zero attached hydrogens (tertiary/aromatic N) is 2. The molecule has 1 saturated heterocycles. The number of hydrogen-bond acceptors (Lipinski definition) is 5. The lowest BCUT2D eigenvalue weighted by Crippen LogP contribution is -2.41. The molecule has 1 unspecified atom stereocenters. The first kappa shape index (κ1) is 18.3. The SMILES string of the molecule is CN(Cc1ccccc1[N+](=O)[O-])C(=O)CC1CNCCO1.Cl. The van der Waals surface area contributed by atoms with E-state index in [0.717, 1.165) is 6.54 Å². The van der Waals surface area contributed by atoms with E-state index in [-0.39, 0.29) is 43.1 Å². The summed E-state index contributed by atoms with van der Waals surface area (Å²) in [6.07, 6.45) is 0.156. The van der Waals surface area contributed by atoms with Gasteiger partial charge in [-0.15, -0.1) is 12.4 Å². The topological polar surface area (TPSA) is 84.7 Å². The van der Waals surface area contributed by atoms with Crippen LogP contribution in [0.25, 0.3) is 0 Å². The average molecular weight is 330 g/mol. The Morgan fingerprint density at radius 2 is 2.23 bits per heavy atom. The molecule has 0 spiro atoms. The van der Waals surface area contributed by atoms with Crippen molar-refractivity contribution in [3.05, 3.63) is 39.9 Å². The van der Waals surface area contributed by atoms with Gasteiger partial charge in [-0.1, -0.05) is 18.2 Å². The summed E-state index contributed by atoms with van der Waals surface area (Å²) in [5.74, 6) is -0.0816. The molecule has 8 heteroatoms. The molecule has 1 aromatic carbocycles. The normalized spacial score (nSPS) is 17.4. The predicted octanol–water partition coefficient (Wildman–Crippen LogP) is 1.35. The number of amides is 1. The van der Waals surface area contributed by atoms with E-state index in [0.29, 0.717) is 18.7 Å². The first-order chi connectivity index (χ1) is 10.1. The quantitative estimate of drug-likeness (QED) is 0.651. The maximum absolute atomic E-state index is 12.1. The van der Waals surface area contributed by atoms with Gasteiger partial charge in [0.05, 0.1) is 30.6 Å². The van der Waals surface area contributed by atoms with Gasteiger partial charge in [0.1, 0.15) is 0 Å². The van der Waals surface area contributed by atoms with Gasteiger partial charge in [0.2, 0.25) is 5.91 Å². The molecule has 1 atom stereocenters. The number of hydrogen-bond donors (Lipinski definition) is 1. The smallest absolute Gasteiger partial charge is 0.274 e. The van der Waals surface area contributed by atoms with Crippen molar-refractivity contribution in [2.75, 3.05) is 26.7 Å². The Morgan fingerprint density at radius 1 is 1.50 bits per heavy atom. The zero-order valence-corrected chi connectivity index (χ0v) is 13.2. The van der Waals surface area contributed by atoms with Crippen LogP contribution >= 0.6 is 12.4 Å². The van der Waals surface area contributed by atoms with Crippen molar-refractivity contribution in [3.63, 3.8) is 0 Å². The highest BCUT2D eigenvalue weighted by atomic mass is 35.5. The number of ether oxygens (including phenoxy) is 1. The molecule has 1 aromatic rings. The lowest BCUT2D eigenvalue weighted by Gasteiger charge is -2.25. The Kier molecular flexibility index (Phi) is 7.23. The summed E-state index contributed by atoms with van der Waals surface area (Å²) < 4.78 is 5.49. The van der Waals surface area contributed by atoms with Gasteiger partial charge in [-0.25, -0.2) is 0 Å². The summed E-state index contributed by atoms with van der Waals surface area (Å²) >= 11 is 0. The molecular weight excluding hydrogens is 310 g/mol. The second kappa shape index (κ2) is 8.67. The first-order valence-corrected chi connectivity index (χ1v) is 6.86. The van der Waals surface area contributed by atoms with E-state index >= 15 is 0 Å². The molecule has 1 N–H and O–H groups in total. The molecular formula is C14H20ClN3O4. The van der Waals surface area contributed by atoms with Crippen molar-refractivity contribution in [2.24, 2.45) is 0 Å². The number of rotatable bonds is 5. The fraction of sp³-hybridized carbons (Fsp3) is 0.500. The molecule has 0 aliphatic carbocycles. The summed E-state index contributed by atoms with van der Waals surface area (Å²) in [5, 5.41) is 14.1. The van der Waals surface area contributed by atoms with Crippen LogP contribution in [0.4, 0.5) is 5.69 Å². The molecule has 0 saturated carbocycles. The average Bonchev–Trinajstić information content (AvgIpc) is 2.48. The molecule has 7 nitrogen and oxygen atoms in total. The molecule has 1 amide bonds. The van der Waals surface area contributed by atoms with Gasteiger partial charge in [0.15, 0.2) is 0 Å². The van der Waals surface area contributed by atoms with Crippen LogP contribution in [0, 0.1) is 10.1 Å². The van der Waals surface area contributed by atoms with Crippen molar-refractivity contribution in [1.82, 2.24) is 10.2 Å². The predicted molar refractivity (Wildman–Crippen MR) is 84.0 cm³/mol. The van der Waals surface area contributed by atoms with E-state index in [9.17, 15) is 14.9 Å². The lowest BCUT2D eigenvalue weighted by molar-refractivity contribution is -0.385. The molecule has 1 aliphatic rings. The molecule has 1 aliphatic heterocycles. The van der Waals surface area contributed by atoms with Gasteiger partial charge in [-0.3, -0.25) is 14.9 Å². The molecule has 0 radical (unpaired) electrons. The summed E-state index contributed by atoms with van der Waals surface area (Å²) in [5.41, 5.74) is 0.564. The van der Waals surface area contributed by atoms with Crippen LogP contribution in [0.15, 0.2) is 24.3 Å². The second-order valence-electron chi connectivity index (χ2n) is 5.04. The standard InChI is InChI=1S/C14H19N3O4.ClH/c1-16(14(18)8-12-9-15-6-7-21-12)10-11-4-2-3-5-13(11)17(19)20;/h2-5,12,15H,6-10H2,1H3;1H. The number of carbonyl (C=O) groups is 1. The molecule has 1 fully saturated rings. The largest absolute Gasteiger partial charge is 0.375 e. The third-order valence-corrected chi connectivity index (χ3v) is 3.43. The Hall–Kier alpha value is -1.70. The van der Waals surface area contributed by atoms with Crippen molar-refractivity contribution in [3.8, 4) is 0 Å². The van der Waals surface area contributed by atoms with E-state index in [1.165, 1.54) is 11.0 Å². The Balaban J connectivity index is 0.00000242. The number of benzene rings is 1. The Labute approximate surface area is 135 Å². The lowest BCUT2D eigenvalue weighted by atomic mass is 10.1. The minimum atomic E-state index is -0.429. The van der Waals surface area contributed by atoms with E-state index in [4.69, 9.17) is 4.74 Å². The van der Waals surface area contributed by atoms with E-state index in [2.05, 4.69) is 5.32 Å². The van der Waals surface area contributed by atoms with Crippen molar-refractivity contribution in [2.45, 2.75) is 19.1 Å². The summed E-state index contributed by atoms with van der Waals surface area (Å²) in [6, 6.07) is 6.46. The van der Waals surface area contributed by atoms with Gasteiger partial charge >= 0.3 is 0 Å². The van der Waals surface area contributed by atoms with Gasteiger partial charge in [-0.05, 0) is 0 Å². The van der Waals surface area contributed by atoms with Crippen molar-refractivity contribution < 1.29 is 14.5 Å². The zero-order valence-electron chi connectivity index (χ0n) is 12.4. The van der Waals surface area contributed by atoms with E-state index in [1.54, 1.807) is 25.2 Å². The molecule has 0 bridgehead atoms. The number of nitrogens with one attached hydrogen (secondary N) is 1. The van der Waals surface area contributed by atoms with Gasteiger partial charge in [-0.2, -0.15) is 0 Å². The Morgan fingerprint density at radius 3 is 2.86 bits per heavy atom. The van der Waals surface area contributed by atoms with E-state index < -0.39 is 4.92 Å². The molecule has 1 heterocycles. The maximum Gasteiger partial charge on any atom is 0.274 e. The number of morpholine rings is 1. The number of para-hydroxylation sites is 1. The first-order valence-electron chi connectivity index (χ1n) is 6.86. The summed E-state index contributed by atoms with van der Waals surface area (Å²) in [7, 11) is 1.65. The monoisotopic (exact) mass is 329 g/mol. The highest BCUT2D eigenvalue weighted by Crippen LogP contribution is 2.19. The van der Waals surface area contributed by atoms with Crippen LogP contribution in [0.3, 0.4) is 0 Å². The van der Waals surface area contributed by atoms with Crippen molar-refractivity contribution >= 4 is 24.0 Å². The van der Waals surface area contributed by atoms with Gasteiger partial charge < -0.3 is 15.0 Å². The fourth-order valence-electron chi connectivity index (χ4n) is 2.27. The number of nitro groups is 1. The van der Waals surface area contributed by atoms with Crippen molar-refractivity contribution in [1.29, 1.82) is 0 Å². The van der Waals surface area contributed by atoms with Gasteiger partial charge in [0.25, 0.3) is 5.69 Å². The molecule has 0 aromatic heterocycles. The number of carbonyl (C=O) groups excluding carboxylic acids is 1. The van der Waals surface area contributed by atoms with Crippen LogP contribution in [-0.4, -0.2) is 48.6 Å². The third kappa shape index (κ3) is 4.94. The maximum atomic E-state index is 12.1. The second-order valence-corrected chi connectivity index (χ2v) is 5.04. The van der Waals surface area contributed by atoms with Crippen LogP contribution in [-0.2, 0) is 16.1 Å². The summed E-state index contributed by atoms with van der Waals surface area (Å²) in [6.45, 7) is 2.28. The minimum absolute atomic E-state index is 0.